The van der Waals surface area contributed by atoms with E-state index >= 15 is 0 Å². The third kappa shape index (κ3) is 1.94. The highest BCUT2D eigenvalue weighted by atomic mass is 16.2. The molecule has 2 aliphatic rings. The lowest BCUT2D eigenvalue weighted by Crippen LogP contribution is -2.65. The van der Waals surface area contributed by atoms with Gasteiger partial charge < -0.3 is 10.2 Å². The van der Waals surface area contributed by atoms with Crippen LogP contribution in [-0.2, 0) is 9.59 Å². The van der Waals surface area contributed by atoms with Crippen molar-refractivity contribution >= 4 is 11.8 Å². The fraction of sp³-hybridized carbons (Fsp3) is 0.846. The first-order chi connectivity index (χ1) is 7.84. The Labute approximate surface area is 103 Å². The first-order valence-corrected chi connectivity index (χ1v) is 6.47. The molecule has 1 saturated carbocycles. The SMILES string of the molecule is CC1NC(=O)C(C)N(C2CCCC2(C)C)C1=O. The summed E-state index contributed by atoms with van der Waals surface area (Å²) >= 11 is 0. The van der Waals surface area contributed by atoms with Crippen LogP contribution in [-0.4, -0.2) is 34.8 Å². The van der Waals surface area contributed by atoms with Crippen molar-refractivity contribution in [1.29, 1.82) is 0 Å². The van der Waals surface area contributed by atoms with Gasteiger partial charge in [0.25, 0.3) is 0 Å². The van der Waals surface area contributed by atoms with E-state index in [1.807, 2.05) is 11.8 Å². The fourth-order valence-corrected chi connectivity index (χ4v) is 3.18. The van der Waals surface area contributed by atoms with Gasteiger partial charge >= 0.3 is 0 Å². The summed E-state index contributed by atoms with van der Waals surface area (Å²) in [7, 11) is 0. The normalized spacial score (nSPS) is 37.2. The van der Waals surface area contributed by atoms with E-state index in [9.17, 15) is 9.59 Å². The van der Waals surface area contributed by atoms with Crippen LogP contribution in [0.1, 0.15) is 47.0 Å². The molecule has 3 atom stereocenters. The van der Waals surface area contributed by atoms with Crippen LogP contribution in [0.4, 0.5) is 0 Å². The Morgan fingerprint density at radius 3 is 2.47 bits per heavy atom. The molecule has 1 aliphatic heterocycles. The lowest BCUT2D eigenvalue weighted by molar-refractivity contribution is -0.153. The van der Waals surface area contributed by atoms with E-state index in [1.165, 1.54) is 0 Å². The lowest BCUT2D eigenvalue weighted by atomic mass is 9.85. The van der Waals surface area contributed by atoms with Crippen LogP contribution in [0.3, 0.4) is 0 Å². The van der Waals surface area contributed by atoms with Crippen molar-refractivity contribution in [3.8, 4) is 0 Å². The Morgan fingerprint density at radius 1 is 1.29 bits per heavy atom. The van der Waals surface area contributed by atoms with E-state index < -0.39 is 0 Å². The summed E-state index contributed by atoms with van der Waals surface area (Å²) in [6, 6.07) is -0.505. The Morgan fingerprint density at radius 2 is 1.94 bits per heavy atom. The Kier molecular flexibility index (Phi) is 2.92. The van der Waals surface area contributed by atoms with E-state index in [1.54, 1.807) is 6.92 Å². The Bertz CT molecular complexity index is 351. The van der Waals surface area contributed by atoms with Crippen LogP contribution in [0, 0.1) is 5.41 Å². The molecule has 0 spiro atoms. The van der Waals surface area contributed by atoms with Gasteiger partial charge in [0.2, 0.25) is 11.8 Å². The quantitative estimate of drug-likeness (QED) is 0.748. The third-order valence-corrected chi connectivity index (χ3v) is 4.32. The molecule has 3 unspecified atom stereocenters. The molecule has 17 heavy (non-hydrogen) atoms. The average molecular weight is 238 g/mol. The standard InChI is InChI=1S/C13H22N2O2/c1-8-12(17)15(9(2)11(16)14-8)10-6-5-7-13(10,3)4/h8-10H,5-7H2,1-4H3,(H,14,16). The number of hydrogen-bond donors (Lipinski definition) is 1. The number of nitrogens with one attached hydrogen (secondary N) is 1. The van der Waals surface area contributed by atoms with Gasteiger partial charge in [-0.1, -0.05) is 20.3 Å². The summed E-state index contributed by atoms with van der Waals surface area (Å²) in [6.45, 7) is 7.98. The minimum absolute atomic E-state index is 0.0280. The van der Waals surface area contributed by atoms with Gasteiger partial charge in [-0.15, -0.1) is 0 Å². The van der Waals surface area contributed by atoms with Gasteiger partial charge in [0, 0.05) is 6.04 Å². The molecular formula is C13H22N2O2. The van der Waals surface area contributed by atoms with Crippen LogP contribution in [0.5, 0.6) is 0 Å². The predicted octanol–water partition coefficient (Wildman–Crippen LogP) is 1.30. The van der Waals surface area contributed by atoms with Gasteiger partial charge in [-0.2, -0.15) is 0 Å². The largest absolute Gasteiger partial charge is 0.343 e. The van der Waals surface area contributed by atoms with Gasteiger partial charge in [-0.3, -0.25) is 9.59 Å². The molecule has 1 saturated heterocycles. The number of piperazine rings is 1. The van der Waals surface area contributed by atoms with Gasteiger partial charge in [0.1, 0.15) is 12.1 Å². The minimum Gasteiger partial charge on any atom is -0.343 e. The van der Waals surface area contributed by atoms with Crippen molar-refractivity contribution in [1.82, 2.24) is 10.2 Å². The molecule has 2 amide bonds. The number of nitrogens with zero attached hydrogens (tertiary/aromatic N) is 1. The zero-order valence-electron chi connectivity index (χ0n) is 11.1. The smallest absolute Gasteiger partial charge is 0.245 e. The molecule has 96 valence electrons. The van der Waals surface area contributed by atoms with E-state index in [-0.39, 0.29) is 35.4 Å². The van der Waals surface area contributed by atoms with E-state index in [0.717, 1.165) is 19.3 Å². The van der Waals surface area contributed by atoms with E-state index in [0.29, 0.717) is 0 Å². The number of amides is 2. The molecule has 4 heteroatoms. The second kappa shape index (κ2) is 4.00. The van der Waals surface area contributed by atoms with E-state index in [2.05, 4.69) is 19.2 Å². The monoisotopic (exact) mass is 238 g/mol. The van der Waals surface area contributed by atoms with E-state index in [4.69, 9.17) is 0 Å². The molecule has 1 heterocycles. The maximum absolute atomic E-state index is 12.3. The number of carbonyl (C=O) groups is 2. The Hall–Kier alpha value is -1.06. The van der Waals surface area contributed by atoms with Crippen molar-refractivity contribution in [2.45, 2.75) is 65.1 Å². The summed E-state index contributed by atoms with van der Waals surface area (Å²) in [5.74, 6) is 0.0388. The fourth-order valence-electron chi connectivity index (χ4n) is 3.18. The zero-order chi connectivity index (χ0) is 12.8. The van der Waals surface area contributed by atoms with Crippen molar-refractivity contribution in [2.24, 2.45) is 5.41 Å². The highest BCUT2D eigenvalue weighted by molar-refractivity contribution is 5.96. The molecule has 0 radical (unpaired) electrons. The summed E-state index contributed by atoms with van der Waals surface area (Å²) in [4.78, 5) is 25.9. The number of carbonyl (C=O) groups excluding carboxylic acids is 2. The summed E-state index contributed by atoms with van der Waals surface area (Å²) < 4.78 is 0. The second-order valence-electron chi connectivity index (χ2n) is 6.05. The lowest BCUT2D eigenvalue weighted by Gasteiger charge is -2.44. The number of rotatable bonds is 1. The zero-order valence-corrected chi connectivity index (χ0v) is 11.1. The van der Waals surface area contributed by atoms with Crippen molar-refractivity contribution in [3.63, 3.8) is 0 Å². The van der Waals surface area contributed by atoms with Gasteiger partial charge in [-0.05, 0) is 32.1 Å². The maximum Gasteiger partial charge on any atom is 0.245 e. The first-order valence-electron chi connectivity index (χ1n) is 6.47. The molecule has 0 aromatic heterocycles. The van der Waals surface area contributed by atoms with Crippen LogP contribution < -0.4 is 5.32 Å². The molecule has 0 aromatic carbocycles. The van der Waals surface area contributed by atoms with Gasteiger partial charge in [0.15, 0.2) is 0 Å². The van der Waals surface area contributed by atoms with Crippen molar-refractivity contribution in [3.05, 3.63) is 0 Å². The third-order valence-electron chi connectivity index (χ3n) is 4.32. The van der Waals surface area contributed by atoms with Crippen molar-refractivity contribution < 1.29 is 9.59 Å². The number of hydrogen-bond acceptors (Lipinski definition) is 2. The predicted molar refractivity (Wildman–Crippen MR) is 65.3 cm³/mol. The summed E-state index contributed by atoms with van der Waals surface area (Å²) in [5.41, 5.74) is 0.126. The first kappa shape index (κ1) is 12.4. The van der Waals surface area contributed by atoms with Crippen molar-refractivity contribution in [2.75, 3.05) is 0 Å². The van der Waals surface area contributed by atoms with Crippen LogP contribution in [0.25, 0.3) is 0 Å². The topological polar surface area (TPSA) is 49.4 Å². The minimum atomic E-state index is -0.380. The molecular weight excluding hydrogens is 216 g/mol. The van der Waals surface area contributed by atoms with Gasteiger partial charge in [0.05, 0.1) is 0 Å². The molecule has 0 bridgehead atoms. The van der Waals surface area contributed by atoms with Crippen LogP contribution >= 0.6 is 0 Å². The molecule has 0 aromatic rings. The molecule has 1 N–H and O–H groups in total. The maximum atomic E-state index is 12.3. The van der Waals surface area contributed by atoms with Gasteiger partial charge in [-0.25, -0.2) is 0 Å². The van der Waals surface area contributed by atoms with Crippen LogP contribution in [0.2, 0.25) is 0 Å². The highest BCUT2D eigenvalue weighted by Crippen LogP contribution is 2.41. The summed E-state index contributed by atoms with van der Waals surface area (Å²) in [5, 5.41) is 2.73. The molecule has 4 nitrogen and oxygen atoms in total. The molecule has 1 aliphatic carbocycles. The average Bonchev–Trinajstić information content (AvgIpc) is 2.57. The Balaban J connectivity index is 2.28. The second-order valence-corrected chi connectivity index (χ2v) is 6.05. The highest BCUT2D eigenvalue weighted by Gasteiger charge is 2.46. The molecule has 2 rings (SSSR count). The van der Waals surface area contributed by atoms with Crippen LogP contribution in [0.15, 0.2) is 0 Å². The summed E-state index contributed by atoms with van der Waals surface area (Å²) in [6.07, 6.45) is 3.29. The molecule has 2 fully saturated rings.